The molecule has 158 valence electrons. The Morgan fingerprint density at radius 3 is 2.07 bits per heavy atom. The third-order valence-electron chi connectivity index (χ3n) is 4.48. The van der Waals surface area contributed by atoms with Crippen molar-refractivity contribution in [3.63, 3.8) is 0 Å². The van der Waals surface area contributed by atoms with E-state index >= 15 is 0 Å². The summed E-state index contributed by atoms with van der Waals surface area (Å²) >= 11 is 0. The smallest absolute Gasteiger partial charge is 0.262 e. The molecule has 0 saturated carbocycles. The summed E-state index contributed by atoms with van der Waals surface area (Å²) in [5.41, 5.74) is 0.260. The molecule has 0 aliphatic carbocycles. The molecule has 0 unspecified atom stereocenters. The van der Waals surface area contributed by atoms with Gasteiger partial charge in [-0.3, -0.25) is 4.72 Å². The lowest BCUT2D eigenvalue weighted by Crippen LogP contribution is -2.30. The minimum absolute atomic E-state index is 0.0292. The van der Waals surface area contributed by atoms with Crippen LogP contribution in [-0.2, 0) is 20.0 Å². The number of anilines is 1. The molecule has 0 saturated heterocycles. The highest BCUT2D eigenvalue weighted by atomic mass is 32.2. The number of hydrogen-bond donors (Lipinski definition) is 1. The van der Waals surface area contributed by atoms with Crippen molar-refractivity contribution >= 4 is 25.7 Å². The molecule has 0 fully saturated rings. The number of nitrogens with zero attached hydrogens (tertiary/aromatic N) is 1. The van der Waals surface area contributed by atoms with E-state index < -0.39 is 20.0 Å². The number of benzene rings is 2. The summed E-state index contributed by atoms with van der Waals surface area (Å²) in [6.07, 6.45) is 0.720. The molecule has 10 heteroatoms. The second-order valence-electron chi connectivity index (χ2n) is 6.38. The summed E-state index contributed by atoms with van der Waals surface area (Å²) in [6, 6.07) is 10.1. The van der Waals surface area contributed by atoms with E-state index in [1.165, 1.54) is 40.7 Å². The lowest BCUT2D eigenvalue weighted by molar-refractivity contribution is 0.297. The van der Waals surface area contributed by atoms with E-state index in [9.17, 15) is 16.8 Å². The summed E-state index contributed by atoms with van der Waals surface area (Å²) in [6.45, 7) is 5.21. The summed E-state index contributed by atoms with van der Waals surface area (Å²) in [4.78, 5) is 0.140. The van der Waals surface area contributed by atoms with Gasteiger partial charge in [-0.05, 0) is 36.4 Å². The Balaban J connectivity index is 1.82. The van der Waals surface area contributed by atoms with Gasteiger partial charge in [0.15, 0.2) is 11.5 Å². The van der Waals surface area contributed by atoms with Crippen molar-refractivity contribution in [3.05, 3.63) is 42.5 Å². The molecule has 29 heavy (non-hydrogen) atoms. The molecule has 1 aliphatic heterocycles. The van der Waals surface area contributed by atoms with Gasteiger partial charge in [-0.1, -0.05) is 13.8 Å². The Morgan fingerprint density at radius 1 is 0.862 bits per heavy atom. The maximum atomic E-state index is 12.7. The van der Waals surface area contributed by atoms with Gasteiger partial charge in [0, 0.05) is 31.3 Å². The molecule has 1 aliphatic rings. The molecular formula is C19H24N2O6S2. The average molecular weight is 441 g/mol. The Hall–Kier alpha value is -2.30. The Morgan fingerprint density at radius 2 is 1.45 bits per heavy atom. The Bertz CT molecular complexity index is 1060. The van der Waals surface area contributed by atoms with Crippen molar-refractivity contribution in [3.8, 4) is 11.5 Å². The van der Waals surface area contributed by atoms with E-state index in [2.05, 4.69) is 4.72 Å². The van der Waals surface area contributed by atoms with Gasteiger partial charge in [0.05, 0.1) is 23.0 Å². The molecule has 1 heterocycles. The highest BCUT2D eigenvalue weighted by Gasteiger charge is 2.22. The average Bonchev–Trinajstić information content (AvgIpc) is 2.93. The van der Waals surface area contributed by atoms with E-state index in [-0.39, 0.29) is 15.5 Å². The first-order chi connectivity index (χ1) is 13.8. The van der Waals surface area contributed by atoms with Gasteiger partial charge in [0.25, 0.3) is 10.0 Å². The van der Waals surface area contributed by atoms with E-state index in [1.807, 2.05) is 0 Å². The van der Waals surface area contributed by atoms with Crippen molar-refractivity contribution in [2.45, 2.75) is 30.1 Å². The van der Waals surface area contributed by atoms with Gasteiger partial charge in [0.1, 0.15) is 0 Å². The fourth-order valence-corrected chi connectivity index (χ4v) is 5.46. The van der Waals surface area contributed by atoms with E-state index in [0.717, 1.165) is 6.42 Å². The van der Waals surface area contributed by atoms with Crippen LogP contribution in [0, 0.1) is 0 Å². The molecule has 8 nitrogen and oxygen atoms in total. The normalized spacial score (nSPS) is 14.4. The number of ether oxygens (including phenoxy) is 2. The van der Waals surface area contributed by atoms with Crippen molar-refractivity contribution in [1.29, 1.82) is 0 Å². The predicted octanol–water partition coefficient (Wildman–Crippen LogP) is 2.68. The standard InChI is InChI=1S/C19H24N2O6S2/c1-3-21(4-2)29(24,25)16-8-6-15(7-9-16)20-28(22,23)17-10-11-18-19(14-17)27-13-5-12-26-18/h6-11,14,20H,3-5,12-13H2,1-2H3. The second kappa shape index (κ2) is 8.60. The highest BCUT2D eigenvalue weighted by Crippen LogP contribution is 2.32. The lowest BCUT2D eigenvalue weighted by Gasteiger charge is -2.18. The minimum Gasteiger partial charge on any atom is -0.490 e. The second-order valence-corrected chi connectivity index (χ2v) is 10.00. The summed E-state index contributed by atoms with van der Waals surface area (Å²) in [5.74, 6) is 0.887. The van der Waals surface area contributed by atoms with Gasteiger partial charge in [-0.15, -0.1) is 0 Å². The molecule has 3 rings (SSSR count). The number of nitrogens with one attached hydrogen (secondary N) is 1. The quantitative estimate of drug-likeness (QED) is 0.710. The van der Waals surface area contributed by atoms with Crippen LogP contribution >= 0.6 is 0 Å². The van der Waals surface area contributed by atoms with Crippen LogP contribution in [0.1, 0.15) is 20.3 Å². The van der Waals surface area contributed by atoms with Gasteiger partial charge in [0.2, 0.25) is 10.0 Å². The Kier molecular flexibility index (Phi) is 6.35. The molecule has 2 aromatic rings. The Labute approximate surface area is 171 Å². The molecule has 0 spiro atoms. The highest BCUT2D eigenvalue weighted by molar-refractivity contribution is 7.92. The molecular weight excluding hydrogens is 416 g/mol. The molecule has 0 radical (unpaired) electrons. The fraction of sp³-hybridized carbons (Fsp3) is 0.368. The minimum atomic E-state index is -3.88. The third kappa shape index (κ3) is 4.65. The monoisotopic (exact) mass is 440 g/mol. The topological polar surface area (TPSA) is 102 Å². The van der Waals surface area contributed by atoms with Crippen molar-refractivity contribution in [2.24, 2.45) is 0 Å². The van der Waals surface area contributed by atoms with Crippen LogP contribution in [0.2, 0.25) is 0 Å². The maximum Gasteiger partial charge on any atom is 0.262 e. The van der Waals surface area contributed by atoms with Crippen LogP contribution in [0.5, 0.6) is 11.5 Å². The molecule has 0 amide bonds. The summed E-state index contributed by atoms with van der Waals surface area (Å²) in [7, 11) is -7.48. The van der Waals surface area contributed by atoms with Crippen molar-refractivity contribution in [2.75, 3.05) is 31.0 Å². The predicted molar refractivity (Wildman–Crippen MR) is 109 cm³/mol. The number of fused-ring (bicyclic) bond motifs is 1. The van der Waals surface area contributed by atoms with Crippen LogP contribution in [0.25, 0.3) is 0 Å². The van der Waals surface area contributed by atoms with Crippen LogP contribution in [0.4, 0.5) is 5.69 Å². The zero-order valence-corrected chi connectivity index (χ0v) is 17.9. The molecule has 2 aromatic carbocycles. The van der Waals surface area contributed by atoms with Crippen LogP contribution in [0.15, 0.2) is 52.3 Å². The van der Waals surface area contributed by atoms with Crippen molar-refractivity contribution < 1.29 is 26.3 Å². The fourth-order valence-electron chi connectivity index (χ4n) is 2.93. The van der Waals surface area contributed by atoms with E-state index in [0.29, 0.717) is 37.8 Å². The van der Waals surface area contributed by atoms with Crippen molar-refractivity contribution in [1.82, 2.24) is 4.31 Å². The maximum absolute atomic E-state index is 12.7. The first-order valence-corrected chi connectivity index (χ1v) is 12.2. The van der Waals surface area contributed by atoms with Gasteiger partial charge in [-0.25, -0.2) is 16.8 Å². The SMILES string of the molecule is CCN(CC)S(=O)(=O)c1ccc(NS(=O)(=O)c2ccc3c(c2)OCCCO3)cc1. The van der Waals surface area contributed by atoms with Crippen LogP contribution < -0.4 is 14.2 Å². The summed E-state index contributed by atoms with van der Waals surface area (Å²) in [5, 5.41) is 0. The third-order valence-corrected chi connectivity index (χ3v) is 7.92. The van der Waals surface area contributed by atoms with E-state index in [1.54, 1.807) is 19.9 Å². The molecule has 0 atom stereocenters. The summed E-state index contributed by atoms with van der Waals surface area (Å²) < 4.78 is 65.4. The zero-order valence-electron chi connectivity index (χ0n) is 16.3. The van der Waals surface area contributed by atoms with Crippen LogP contribution in [-0.4, -0.2) is 47.4 Å². The number of sulfonamides is 2. The first-order valence-electron chi connectivity index (χ1n) is 9.30. The lowest BCUT2D eigenvalue weighted by atomic mass is 10.3. The van der Waals surface area contributed by atoms with Gasteiger partial charge < -0.3 is 9.47 Å². The molecule has 0 bridgehead atoms. The van der Waals surface area contributed by atoms with E-state index in [4.69, 9.17) is 9.47 Å². The zero-order chi connectivity index (χ0) is 21.1. The number of rotatable bonds is 7. The molecule has 1 N–H and O–H groups in total. The van der Waals surface area contributed by atoms with Crippen LogP contribution in [0.3, 0.4) is 0 Å². The number of hydrogen-bond acceptors (Lipinski definition) is 6. The van der Waals surface area contributed by atoms with Gasteiger partial charge >= 0.3 is 0 Å². The largest absolute Gasteiger partial charge is 0.490 e. The molecule has 0 aromatic heterocycles. The first kappa shape index (κ1) is 21.4. The van der Waals surface area contributed by atoms with Gasteiger partial charge in [-0.2, -0.15) is 4.31 Å².